The maximum absolute atomic E-state index is 11.4. The Balaban J connectivity index is 4.14. The summed E-state index contributed by atoms with van der Waals surface area (Å²) in [6.07, 6.45) is -0.0478. The number of amides is 1. The SMILES string of the molecule is CC(=O)N[C@@H](CC[S+]([O-])CC(N)C(=O)O)C(=O)O. The van der Waals surface area contributed by atoms with Crippen LogP contribution < -0.4 is 11.1 Å². The van der Waals surface area contributed by atoms with Crippen LogP contribution in [-0.2, 0) is 25.6 Å². The number of hydrogen-bond donors (Lipinski definition) is 4. The van der Waals surface area contributed by atoms with Crippen LogP contribution in [0, 0.1) is 0 Å². The first-order valence-electron chi connectivity index (χ1n) is 5.07. The maximum atomic E-state index is 11.4. The molecule has 3 atom stereocenters. The molecule has 0 aromatic heterocycles. The van der Waals surface area contributed by atoms with Gasteiger partial charge in [0.15, 0.2) is 0 Å². The van der Waals surface area contributed by atoms with E-state index in [0.717, 1.165) is 0 Å². The van der Waals surface area contributed by atoms with Gasteiger partial charge in [0.25, 0.3) is 0 Å². The third-order valence-corrected chi connectivity index (χ3v) is 3.41. The molecule has 2 unspecified atom stereocenters. The zero-order valence-electron chi connectivity index (χ0n) is 9.79. The smallest absolute Gasteiger partial charge is 0.326 e. The lowest BCUT2D eigenvalue weighted by atomic mass is 10.2. The molecule has 104 valence electrons. The van der Waals surface area contributed by atoms with Crippen LogP contribution in [0.25, 0.3) is 0 Å². The number of nitrogens with one attached hydrogen (secondary N) is 1. The Morgan fingerprint density at radius 2 is 1.89 bits per heavy atom. The zero-order valence-corrected chi connectivity index (χ0v) is 10.6. The van der Waals surface area contributed by atoms with Gasteiger partial charge in [-0.25, -0.2) is 4.79 Å². The molecule has 0 aliphatic rings. The third kappa shape index (κ3) is 7.09. The van der Waals surface area contributed by atoms with E-state index >= 15 is 0 Å². The highest BCUT2D eigenvalue weighted by molar-refractivity contribution is 7.91. The second-order valence-electron chi connectivity index (χ2n) is 3.64. The van der Waals surface area contributed by atoms with E-state index in [4.69, 9.17) is 15.9 Å². The molecule has 1 amide bonds. The van der Waals surface area contributed by atoms with Crippen LogP contribution in [0.2, 0.25) is 0 Å². The minimum Gasteiger partial charge on any atom is -0.616 e. The first-order chi connectivity index (χ1) is 8.23. The molecule has 0 spiro atoms. The highest BCUT2D eigenvalue weighted by Crippen LogP contribution is 2.01. The number of carboxylic acids is 2. The van der Waals surface area contributed by atoms with Crippen LogP contribution in [0.5, 0.6) is 0 Å². The number of rotatable bonds is 8. The predicted molar refractivity (Wildman–Crippen MR) is 63.3 cm³/mol. The highest BCUT2D eigenvalue weighted by Gasteiger charge is 2.24. The van der Waals surface area contributed by atoms with E-state index in [0.29, 0.717) is 0 Å². The van der Waals surface area contributed by atoms with Crippen LogP contribution in [0.1, 0.15) is 13.3 Å². The van der Waals surface area contributed by atoms with Crippen LogP contribution in [-0.4, -0.2) is 56.2 Å². The van der Waals surface area contributed by atoms with Gasteiger partial charge in [-0.3, -0.25) is 9.59 Å². The summed E-state index contributed by atoms with van der Waals surface area (Å²) in [4.78, 5) is 31.9. The minimum atomic E-state index is -1.54. The van der Waals surface area contributed by atoms with E-state index in [2.05, 4.69) is 5.32 Å². The average Bonchev–Trinajstić information content (AvgIpc) is 2.22. The second kappa shape index (κ2) is 7.90. The molecule has 9 heteroatoms. The topological polar surface area (TPSA) is 153 Å². The summed E-state index contributed by atoms with van der Waals surface area (Å²) in [5.41, 5.74) is 5.19. The van der Waals surface area contributed by atoms with Crippen molar-refractivity contribution in [3.63, 3.8) is 0 Å². The van der Waals surface area contributed by atoms with E-state index in [1.165, 1.54) is 6.92 Å². The quantitative estimate of drug-likeness (QED) is 0.380. The molecule has 5 N–H and O–H groups in total. The lowest BCUT2D eigenvalue weighted by Crippen LogP contribution is -2.42. The van der Waals surface area contributed by atoms with E-state index in [1.54, 1.807) is 0 Å². The number of carbonyl (C=O) groups excluding carboxylic acids is 1. The molecule has 0 saturated heterocycles. The van der Waals surface area contributed by atoms with Gasteiger partial charge >= 0.3 is 11.9 Å². The van der Waals surface area contributed by atoms with Crippen molar-refractivity contribution in [2.24, 2.45) is 5.73 Å². The summed E-state index contributed by atoms with van der Waals surface area (Å²) in [6, 6.07) is -2.37. The molecule has 0 fully saturated rings. The summed E-state index contributed by atoms with van der Waals surface area (Å²) in [6.45, 7) is 1.17. The first kappa shape index (κ1) is 16.7. The zero-order chi connectivity index (χ0) is 14.3. The Kier molecular flexibility index (Phi) is 7.32. The Morgan fingerprint density at radius 3 is 2.28 bits per heavy atom. The lowest BCUT2D eigenvalue weighted by molar-refractivity contribution is -0.141. The molecule has 0 rings (SSSR count). The van der Waals surface area contributed by atoms with Crippen molar-refractivity contribution in [3.05, 3.63) is 0 Å². The van der Waals surface area contributed by atoms with Crippen molar-refractivity contribution in [2.45, 2.75) is 25.4 Å². The summed E-state index contributed by atoms with van der Waals surface area (Å²) in [5, 5.41) is 19.5. The predicted octanol–water partition coefficient (Wildman–Crippen LogP) is -1.87. The summed E-state index contributed by atoms with van der Waals surface area (Å²) in [7, 11) is 0. The molecular weight excluding hydrogens is 264 g/mol. The molecule has 8 nitrogen and oxygen atoms in total. The number of carboxylic acid groups (broad SMARTS) is 2. The van der Waals surface area contributed by atoms with Crippen LogP contribution in [0.15, 0.2) is 0 Å². The second-order valence-corrected chi connectivity index (χ2v) is 5.26. The van der Waals surface area contributed by atoms with Crippen molar-refractivity contribution < 1.29 is 29.1 Å². The fourth-order valence-electron chi connectivity index (χ4n) is 1.11. The molecule has 0 heterocycles. The van der Waals surface area contributed by atoms with Gasteiger partial charge in [0.1, 0.15) is 23.6 Å². The third-order valence-electron chi connectivity index (χ3n) is 1.99. The molecule has 0 aliphatic carbocycles. The van der Waals surface area contributed by atoms with Crippen molar-refractivity contribution in [1.29, 1.82) is 0 Å². The van der Waals surface area contributed by atoms with Gasteiger partial charge in [-0.05, 0) is 0 Å². The van der Waals surface area contributed by atoms with E-state index in [-0.39, 0.29) is 17.9 Å². The van der Waals surface area contributed by atoms with Crippen molar-refractivity contribution in [2.75, 3.05) is 11.5 Å². The van der Waals surface area contributed by atoms with Gasteiger partial charge in [0.05, 0.1) is 0 Å². The average molecular weight is 280 g/mol. The Hall–Kier alpha value is -1.32. The van der Waals surface area contributed by atoms with Crippen LogP contribution in [0.3, 0.4) is 0 Å². The summed E-state index contributed by atoms with van der Waals surface area (Å²) in [5.74, 6) is -3.29. The Morgan fingerprint density at radius 1 is 1.33 bits per heavy atom. The molecule has 18 heavy (non-hydrogen) atoms. The lowest BCUT2D eigenvalue weighted by Gasteiger charge is -2.16. The number of aliphatic carboxylic acids is 2. The molecular formula is C9H16N2O6S. The van der Waals surface area contributed by atoms with E-state index in [1.807, 2.05) is 0 Å². The molecule has 0 radical (unpaired) electrons. The highest BCUT2D eigenvalue weighted by atomic mass is 32.2. The summed E-state index contributed by atoms with van der Waals surface area (Å²) < 4.78 is 11.4. The van der Waals surface area contributed by atoms with Gasteiger partial charge in [-0.2, -0.15) is 0 Å². The molecule has 0 saturated carbocycles. The van der Waals surface area contributed by atoms with E-state index in [9.17, 15) is 18.9 Å². The Bertz CT molecular complexity index is 324. The standard InChI is InChI=1S/C9H16N2O6S/c1-5(12)11-7(9(15)16)2-3-18(17)4-6(10)8(13)14/h6-7H,2-4,10H2,1H3,(H,11,12)(H,13,14)(H,15,16)/t6?,7-,18?/m0/s1. The molecule has 0 aromatic rings. The normalized spacial score (nSPS) is 15.5. The van der Waals surface area contributed by atoms with Gasteiger partial charge in [-0.1, -0.05) is 11.2 Å². The number of carbonyl (C=O) groups is 3. The molecule has 0 aliphatic heterocycles. The largest absolute Gasteiger partial charge is 0.616 e. The fourth-order valence-corrected chi connectivity index (χ4v) is 2.32. The van der Waals surface area contributed by atoms with Crippen molar-refractivity contribution in [3.8, 4) is 0 Å². The Labute approximate surface area is 107 Å². The van der Waals surface area contributed by atoms with Crippen molar-refractivity contribution in [1.82, 2.24) is 5.32 Å². The van der Waals surface area contributed by atoms with Gasteiger partial charge < -0.3 is 25.8 Å². The molecule has 0 bridgehead atoms. The van der Waals surface area contributed by atoms with Crippen LogP contribution >= 0.6 is 0 Å². The monoisotopic (exact) mass is 280 g/mol. The first-order valence-corrected chi connectivity index (χ1v) is 6.56. The van der Waals surface area contributed by atoms with E-state index < -0.39 is 41.1 Å². The molecule has 0 aromatic carbocycles. The minimum absolute atomic E-state index is 0.0434. The maximum Gasteiger partial charge on any atom is 0.326 e. The van der Waals surface area contributed by atoms with Gasteiger partial charge in [0.2, 0.25) is 5.91 Å². The fraction of sp³-hybridized carbons (Fsp3) is 0.667. The number of hydrogen-bond acceptors (Lipinski definition) is 5. The van der Waals surface area contributed by atoms with Crippen molar-refractivity contribution >= 4 is 29.0 Å². The van der Waals surface area contributed by atoms with Gasteiger partial charge in [0, 0.05) is 13.3 Å². The number of nitrogens with two attached hydrogens (primary N) is 1. The van der Waals surface area contributed by atoms with Crippen LogP contribution in [0.4, 0.5) is 0 Å². The summed E-state index contributed by atoms with van der Waals surface area (Å²) >= 11 is -1.54. The van der Waals surface area contributed by atoms with Gasteiger partial charge in [-0.15, -0.1) is 0 Å².